The predicted molar refractivity (Wildman–Crippen MR) is 118 cm³/mol. The van der Waals surface area contributed by atoms with E-state index in [0.717, 1.165) is 11.6 Å². The number of amides is 2. The highest BCUT2D eigenvalue weighted by Gasteiger charge is 2.51. The first-order valence-electron chi connectivity index (χ1n) is 10.5. The first-order chi connectivity index (χ1) is 16.2. The number of halogens is 3. The number of alkyl halides is 3. The van der Waals surface area contributed by atoms with Crippen LogP contribution >= 0.6 is 0 Å². The minimum atomic E-state index is -4.66. The van der Waals surface area contributed by atoms with Crippen LogP contribution in [0.2, 0.25) is 0 Å². The van der Waals surface area contributed by atoms with Gasteiger partial charge < -0.3 is 20.5 Å². The Kier molecular flexibility index (Phi) is 5.00. The second-order valence-electron chi connectivity index (χ2n) is 8.30. The maximum absolute atomic E-state index is 13.9. The molecule has 174 valence electrons. The van der Waals surface area contributed by atoms with Gasteiger partial charge in [0.2, 0.25) is 18.6 Å². The Morgan fingerprint density at radius 1 is 0.912 bits per heavy atom. The number of ether oxygens (including phenoxy) is 2. The molecule has 2 amide bonds. The molecule has 0 bridgehead atoms. The summed E-state index contributed by atoms with van der Waals surface area (Å²) in [6, 6.07) is 14.5. The van der Waals surface area contributed by atoms with E-state index >= 15 is 0 Å². The van der Waals surface area contributed by atoms with E-state index in [9.17, 15) is 22.8 Å². The lowest BCUT2D eigenvalue weighted by atomic mass is 9.94. The van der Waals surface area contributed by atoms with Gasteiger partial charge in [0.05, 0.1) is 11.0 Å². The van der Waals surface area contributed by atoms with Gasteiger partial charge in [0.15, 0.2) is 11.5 Å². The van der Waals surface area contributed by atoms with E-state index in [2.05, 4.69) is 5.32 Å². The Morgan fingerprint density at radius 2 is 1.62 bits per heavy atom. The molecule has 6 nitrogen and oxygen atoms in total. The number of carbonyl (C=O) groups excluding carboxylic acids is 2. The fourth-order valence-corrected chi connectivity index (χ4v) is 4.14. The molecule has 0 saturated heterocycles. The van der Waals surface area contributed by atoms with E-state index in [-0.39, 0.29) is 35.1 Å². The third-order valence-electron chi connectivity index (χ3n) is 6.17. The summed E-state index contributed by atoms with van der Waals surface area (Å²) in [5.41, 5.74) is 4.66. The second kappa shape index (κ2) is 7.79. The molecule has 1 aliphatic heterocycles. The third kappa shape index (κ3) is 3.83. The molecule has 3 N–H and O–H groups in total. The van der Waals surface area contributed by atoms with Crippen molar-refractivity contribution in [3.8, 4) is 22.6 Å². The molecule has 1 fully saturated rings. The van der Waals surface area contributed by atoms with Crippen molar-refractivity contribution in [3.63, 3.8) is 0 Å². The van der Waals surface area contributed by atoms with Crippen molar-refractivity contribution >= 4 is 17.5 Å². The van der Waals surface area contributed by atoms with Crippen LogP contribution in [-0.4, -0.2) is 18.6 Å². The first kappa shape index (κ1) is 21.8. The van der Waals surface area contributed by atoms with Crippen molar-refractivity contribution < 1.29 is 32.2 Å². The molecule has 1 aliphatic carbocycles. The van der Waals surface area contributed by atoms with Gasteiger partial charge >= 0.3 is 6.18 Å². The van der Waals surface area contributed by atoms with Gasteiger partial charge in [-0.3, -0.25) is 9.59 Å². The highest BCUT2D eigenvalue weighted by molar-refractivity contribution is 6.02. The largest absolute Gasteiger partial charge is 0.454 e. The molecule has 5 rings (SSSR count). The normalized spacial score (nSPS) is 15.6. The number of fused-ring (bicyclic) bond motifs is 1. The number of rotatable bonds is 5. The highest BCUT2D eigenvalue weighted by Crippen LogP contribution is 2.51. The molecular formula is C25H19F3N2O4. The number of hydrogen-bond acceptors (Lipinski definition) is 4. The smallest absolute Gasteiger partial charge is 0.417 e. The maximum Gasteiger partial charge on any atom is 0.417 e. The fourth-order valence-electron chi connectivity index (χ4n) is 4.14. The summed E-state index contributed by atoms with van der Waals surface area (Å²) in [4.78, 5) is 24.4. The van der Waals surface area contributed by atoms with E-state index in [1.165, 1.54) is 36.4 Å². The average Bonchev–Trinajstić information content (AvgIpc) is 3.49. The van der Waals surface area contributed by atoms with E-state index in [1.54, 1.807) is 18.2 Å². The maximum atomic E-state index is 13.9. The molecular weight excluding hydrogens is 449 g/mol. The Hall–Kier alpha value is -4.01. The second-order valence-corrected chi connectivity index (χ2v) is 8.30. The molecule has 0 aromatic heterocycles. The zero-order chi connectivity index (χ0) is 24.1. The third-order valence-corrected chi connectivity index (χ3v) is 6.17. The molecule has 3 aromatic carbocycles. The highest BCUT2D eigenvalue weighted by atomic mass is 19.4. The van der Waals surface area contributed by atoms with Crippen LogP contribution in [0.15, 0.2) is 60.7 Å². The van der Waals surface area contributed by atoms with Crippen molar-refractivity contribution in [1.82, 2.24) is 0 Å². The van der Waals surface area contributed by atoms with Crippen LogP contribution in [0.3, 0.4) is 0 Å². The number of primary amides is 1. The molecule has 2 aliphatic rings. The van der Waals surface area contributed by atoms with Gasteiger partial charge in [-0.25, -0.2) is 0 Å². The molecule has 0 radical (unpaired) electrons. The van der Waals surface area contributed by atoms with Gasteiger partial charge in [-0.05, 0) is 65.9 Å². The number of benzene rings is 3. The van der Waals surface area contributed by atoms with Crippen molar-refractivity contribution in [2.24, 2.45) is 5.73 Å². The Bertz CT molecular complexity index is 1300. The standard InChI is InChI=1S/C25H19F3N2O4/c26-25(27,28)19-12-17(6-7-18(19)14-1-3-15(4-2-14)22(29)31)30-23(32)24(9-10-24)16-5-8-20-21(11-16)34-13-33-20/h1-8,11-12H,9-10,13H2,(H2,29,31)(H,30,32). The summed E-state index contributed by atoms with van der Waals surface area (Å²) in [6.45, 7) is 0.107. The first-order valence-corrected chi connectivity index (χ1v) is 10.5. The van der Waals surface area contributed by atoms with Crippen LogP contribution in [-0.2, 0) is 16.4 Å². The topological polar surface area (TPSA) is 90.7 Å². The van der Waals surface area contributed by atoms with Gasteiger partial charge in [-0.15, -0.1) is 0 Å². The molecule has 9 heteroatoms. The van der Waals surface area contributed by atoms with Crippen molar-refractivity contribution in [3.05, 3.63) is 77.4 Å². The van der Waals surface area contributed by atoms with Crippen molar-refractivity contribution in [2.45, 2.75) is 24.4 Å². The van der Waals surface area contributed by atoms with E-state index < -0.39 is 23.1 Å². The predicted octanol–water partition coefficient (Wildman–Crippen LogP) is 4.87. The summed E-state index contributed by atoms with van der Waals surface area (Å²) in [5.74, 6) is 0.0898. The number of nitrogens with two attached hydrogens (primary N) is 1. The van der Waals surface area contributed by atoms with E-state index in [4.69, 9.17) is 15.2 Å². The quantitative estimate of drug-likeness (QED) is 0.559. The minimum Gasteiger partial charge on any atom is -0.454 e. The lowest BCUT2D eigenvalue weighted by Gasteiger charge is -2.19. The molecule has 34 heavy (non-hydrogen) atoms. The summed E-state index contributed by atoms with van der Waals surface area (Å²) in [7, 11) is 0. The molecule has 3 aromatic rings. The average molecular weight is 468 g/mol. The van der Waals surface area contributed by atoms with Crippen LogP contribution in [0, 0.1) is 0 Å². The van der Waals surface area contributed by atoms with Gasteiger partial charge in [0.25, 0.3) is 0 Å². The molecule has 0 atom stereocenters. The minimum absolute atomic E-state index is 0.0434. The fraction of sp³-hybridized carbons (Fsp3) is 0.200. The number of hydrogen-bond donors (Lipinski definition) is 2. The van der Waals surface area contributed by atoms with Gasteiger partial charge in [-0.1, -0.05) is 24.3 Å². The van der Waals surface area contributed by atoms with Gasteiger partial charge in [0, 0.05) is 11.3 Å². The lowest BCUT2D eigenvalue weighted by molar-refractivity contribution is -0.137. The van der Waals surface area contributed by atoms with Crippen LogP contribution < -0.4 is 20.5 Å². The molecule has 1 heterocycles. The van der Waals surface area contributed by atoms with Crippen molar-refractivity contribution in [1.29, 1.82) is 0 Å². The van der Waals surface area contributed by atoms with Crippen LogP contribution in [0.5, 0.6) is 11.5 Å². The summed E-state index contributed by atoms with van der Waals surface area (Å²) in [6.07, 6.45) is -3.50. The summed E-state index contributed by atoms with van der Waals surface area (Å²) >= 11 is 0. The zero-order valence-corrected chi connectivity index (χ0v) is 17.7. The molecule has 1 saturated carbocycles. The monoisotopic (exact) mass is 468 g/mol. The summed E-state index contributed by atoms with van der Waals surface area (Å²) < 4.78 is 52.3. The Balaban J connectivity index is 1.43. The number of anilines is 1. The Morgan fingerprint density at radius 3 is 2.26 bits per heavy atom. The SMILES string of the molecule is NC(=O)c1ccc(-c2ccc(NC(=O)C3(c4ccc5c(c4)OCO5)CC3)cc2C(F)(F)F)cc1. The van der Waals surface area contributed by atoms with Gasteiger partial charge in [0.1, 0.15) is 0 Å². The Labute approximate surface area is 192 Å². The van der Waals surface area contributed by atoms with Crippen LogP contribution in [0.1, 0.15) is 34.3 Å². The van der Waals surface area contributed by atoms with E-state index in [1.807, 2.05) is 0 Å². The zero-order valence-electron chi connectivity index (χ0n) is 17.7. The number of nitrogens with one attached hydrogen (secondary N) is 1. The lowest BCUT2D eigenvalue weighted by Crippen LogP contribution is -2.28. The van der Waals surface area contributed by atoms with Gasteiger partial charge in [-0.2, -0.15) is 13.2 Å². The number of carbonyl (C=O) groups is 2. The van der Waals surface area contributed by atoms with Crippen molar-refractivity contribution in [2.75, 3.05) is 12.1 Å². The van der Waals surface area contributed by atoms with E-state index in [0.29, 0.717) is 24.3 Å². The van der Waals surface area contributed by atoms with Crippen LogP contribution in [0.25, 0.3) is 11.1 Å². The summed E-state index contributed by atoms with van der Waals surface area (Å²) in [5, 5.41) is 2.65. The molecule has 0 unspecified atom stereocenters. The molecule has 0 spiro atoms. The van der Waals surface area contributed by atoms with Crippen LogP contribution in [0.4, 0.5) is 18.9 Å².